The lowest BCUT2D eigenvalue weighted by Gasteiger charge is -2.11. The summed E-state index contributed by atoms with van der Waals surface area (Å²) in [6, 6.07) is 0. The van der Waals surface area contributed by atoms with E-state index in [1.165, 1.54) is 0 Å². The van der Waals surface area contributed by atoms with Crippen LogP contribution in [0.15, 0.2) is 38.5 Å². The minimum atomic E-state index is -0.0747. The minimum Gasteiger partial charge on any atom is -0.363 e. The van der Waals surface area contributed by atoms with Gasteiger partial charge in [-0.2, -0.15) is 0 Å². The Labute approximate surface area is 81.0 Å². The van der Waals surface area contributed by atoms with Crippen LogP contribution in [0.4, 0.5) is 0 Å². The van der Waals surface area contributed by atoms with Crippen molar-refractivity contribution in [1.82, 2.24) is 10.6 Å². The standard InChI is InChI=1S/C9H9N5/c1-6-3-11-8-9(14-5-13-8)12-4-7(6)2-10-1/h1,3-5,8,11H,2H2,(H,12,13,14)/b6-3-,7-4-. The van der Waals surface area contributed by atoms with Crippen molar-refractivity contribution < 1.29 is 0 Å². The smallest absolute Gasteiger partial charge is 0.178 e. The largest absolute Gasteiger partial charge is 0.363 e. The molecule has 0 fully saturated rings. The second-order valence-corrected chi connectivity index (χ2v) is 3.23. The van der Waals surface area contributed by atoms with Crippen molar-refractivity contribution in [3.63, 3.8) is 0 Å². The zero-order valence-corrected chi connectivity index (χ0v) is 7.44. The maximum Gasteiger partial charge on any atom is 0.178 e. The first-order valence-corrected chi connectivity index (χ1v) is 4.45. The van der Waals surface area contributed by atoms with E-state index in [9.17, 15) is 0 Å². The zero-order valence-electron chi connectivity index (χ0n) is 7.44. The Hall–Kier alpha value is -1.91. The Morgan fingerprint density at radius 3 is 3.43 bits per heavy atom. The first-order valence-electron chi connectivity index (χ1n) is 4.45. The van der Waals surface area contributed by atoms with Crippen molar-refractivity contribution in [1.29, 1.82) is 0 Å². The third-order valence-corrected chi connectivity index (χ3v) is 2.31. The van der Waals surface area contributed by atoms with Crippen LogP contribution in [0.5, 0.6) is 0 Å². The molecule has 0 bridgehead atoms. The van der Waals surface area contributed by atoms with Gasteiger partial charge in [0.1, 0.15) is 0 Å². The number of rotatable bonds is 0. The highest BCUT2D eigenvalue weighted by Crippen LogP contribution is 2.16. The molecule has 1 unspecified atom stereocenters. The summed E-state index contributed by atoms with van der Waals surface area (Å²) < 4.78 is 0. The van der Waals surface area contributed by atoms with Gasteiger partial charge in [0.25, 0.3) is 0 Å². The third kappa shape index (κ3) is 1.06. The van der Waals surface area contributed by atoms with Crippen LogP contribution >= 0.6 is 0 Å². The summed E-state index contributed by atoms with van der Waals surface area (Å²) in [5.41, 5.74) is 2.23. The van der Waals surface area contributed by atoms with Gasteiger partial charge < -0.3 is 10.6 Å². The van der Waals surface area contributed by atoms with Gasteiger partial charge >= 0.3 is 0 Å². The topological polar surface area (TPSA) is 61.1 Å². The Balaban J connectivity index is 2.01. The van der Waals surface area contributed by atoms with Crippen LogP contribution in [0, 0.1) is 0 Å². The van der Waals surface area contributed by atoms with E-state index in [0.717, 1.165) is 23.5 Å². The molecule has 0 saturated heterocycles. The van der Waals surface area contributed by atoms with Crippen molar-refractivity contribution in [2.24, 2.45) is 15.0 Å². The van der Waals surface area contributed by atoms with Crippen LogP contribution in [0.2, 0.25) is 0 Å². The van der Waals surface area contributed by atoms with Gasteiger partial charge in [-0.1, -0.05) is 0 Å². The fraction of sp³-hybridized carbons (Fsp3) is 0.222. The molecule has 5 heteroatoms. The van der Waals surface area contributed by atoms with E-state index in [-0.39, 0.29) is 6.17 Å². The predicted molar refractivity (Wildman–Crippen MR) is 55.5 cm³/mol. The van der Waals surface area contributed by atoms with Gasteiger partial charge in [-0.3, -0.25) is 4.99 Å². The molecule has 0 saturated carbocycles. The fourth-order valence-electron chi connectivity index (χ4n) is 1.54. The molecule has 1 atom stereocenters. The van der Waals surface area contributed by atoms with Crippen LogP contribution in [0.25, 0.3) is 0 Å². The van der Waals surface area contributed by atoms with Gasteiger partial charge in [-0.25, -0.2) is 9.98 Å². The zero-order chi connectivity index (χ0) is 9.38. The molecule has 3 aliphatic rings. The number of amidine groups is 1. The molecule has 2 N–H and O–H groups in total. The summed E-state index contributed by atoms with van der Waals surface area (Å²) in [5.74, 6) is 0.833. The number of nitrogens with zero attached hydrogens (tertiary/aromatic N) is 3. The van der Waals surface area contributed by atoms with Crippen molar-refractivity contribution in [3.8, 4) is 0 Å². The van der Waals surface area contributed by atoms with Crippen molar-refractivity contribution in [2.45, 2.75) is 6.17 Å². The van der Waals surface area contributed by atoms with Crippen LogP contribution in [-0.4, -0.2) is 31.1 Å². The second-order valence-electron chi connectivity index (χ2n) is 3.23. The lowest BCUT2D eigenvalue weighted by atomic mass is 10.1. The summed E-state index contributed by atoms with van der Waals surface area (Å²) in [4.78, 5) is 12.7. The minimum absolute atomic E-state index is 0.0747. The summed E-state index contributed by atoms with van der Waals surface area (Å²) in [6.45, 7) is 0.718. The van der Waals surface area contributed by atoms with Crippen LogP contribution < -0.4 is 10.6 Å². The maximum absolute atomic E-state index is 4.32. The van der Waals surface area contributed by atoms with Crippen LogP contribution in [0.3, 0.4) is 0 Å². The van der Waals surface area contributed by atoms with Gasteiger partial charge in [-0.15, -0.1) is 0 Å². The number of nitrogens with one attached hydrogen (secondary N) is 2. The summed E-state index contributed by atoms with van der Waals surface area (Å²) >= 11 is 0. The average molecular weight is 187 g/mol. The number of hydrogen-bond acceptors (Lipinski definition) is 5. The van der Waals surface area contributed by atoms with Gasteiger partial charge in [0, 0.05) is 29.8 Å². The van der Waals surface area contributed by atoms with Gasteiger partial charge in [0.05, 0.1) is 12.9 Å². The van der Waals surface area contributed by atoms with E-state index in [1.54, 1.807) is 6.34 Å². The molecule has 0 aromatic carbocycles. The summed E-state index contributed by atoms with van der Waals surface area (Å²) in [6.07, 6.45) is 7.22. The predicted octanol–water partition coefficient (Wildman–Crippen LogP) is -0.202. The lowest BCUT2D eigenvalue weighted by Crippen LogP contribution is -2.35. The Kier molecular flexibility index (Phi) is 1.50. The highest BCUT2D eigenvalue weighted by molar-refractivity contribution is 6.01. The van der Waals surface area contributed by atoms with Gasteiger partial charge in [0.15, 0.2) is 12.0 Å². The fourth-order valence-corrected chi connectivity index (χ4v) is 1.54. The molecule has 0 aliphatic carbocycles. The summed E-state index contributed by atoms with van der Waals surface area (Å²) in [7, 11) is 0. The molecule has 0 amide bonds. The molecule has 14 heavy (non-hydrogen) atoms. The van der Waals surface area contributed by atoms with E-state index in [1.807, 2.05) is 18.6 Å². The Morgan fingerprint density at radius 2 is 2.43 bits per heavy atom. The summed E-state index contributed by atoms with van der Waals surface area (Å²) in [5, 5.41) is 6.16. The molecule has 3 aliphatic heterocycles. The van der Waals surface area contributed by atoms with E-state index in [4.69, 9.17) is 0 Å². The first-order chi connectivity index (χ1) is 6.93. The Bertz CT molecular complexity index is 413. The van der Waals surface area contributed by atoms with E-state index >= 15 is 0 Å². The van der Waals surface area contributed by atoms with E-state index in [2.05, 4.69) is 25.6 Å². The molecular weight excluding hydrogens is 178 g/mol. The van der Waals surface area contributed by atoms with Crippen molar-refractivity contribution in [2.75, 3.05) is 6.54 Å². The first kappa shape index (κ1) is 7.49. The number of fused-ring (bicyclic) bond motifs is 2. The SMILES string of the molecule is C1=NC/C2=C/N=C3NC=NC3N/C=C/12. The monoisotopic (exact) mass is 187 g/mol. The van der Waals surface area contributed by atoms with Crippen LogP contribution in [-0.2, 0) is 0 Å². The van der Waals surface area contributed by atoms with E-state index < -0.39 is 0 Å². The molecule has 0 spiro atoms. The molecule has 3 rings (SSSR count). The second kappa shape index (κ2) is 2.80. The highest BCUT2D eigenvalue weighted by atomic mass is 15.2. The van der Waals surface area contributed by atoms with Crippen LogP contribution in [0.1, 0.15) is 0 Å². The Morgan fingerprint density at radius 1 is 1.43 bits per heavy atom. The molecule has 0 radical (unpaired) electrons. The molecule has 0 aromatic heterocycles. The number of hydrogen-bond donors (Lipinski definition) is 2. The van der Waals surface area contributed by atoms with Crippen molar-refractivity contribution in [3.05, 3.63) is 23.5 Å². The average Bonchev–Trinajstić information content (AvgIpc) is 2.75. The lowest BCUT2D eigenvalue weighted by molar-refractivity contribution is 0.778. The maximum atomic E-state index is 4.32. The molecule has 5 nitrogen and oxygen atoms in total. The van der Waals surface area contributed by atoms with Gasteiger partial charge in [-0.05, 0) is 0 Å². The van der Waals surface area contributed by atoms with Crippen molar-refractivity contribution >= 4 is 18.4 Å². The quantitative estimate of drug-likeness (QED) is 0.551. The highest BCUT2D eigenvalue weighted by Gasteiger charge is 2.19. The third-order valence-electron chi connectivity index (χ3n) is 2.31. The molecule has 0 aromatic rings. The molecule has 70 valence electrons. The van der Waals surface area contributed by atoms with E-state index in [0.29, 0.717) is 0 Å². The normalized spacial score (nSPS) is 34.9. The molecule has 3 heterocycles. The number of aliphatic imine (C=N–C) groups is 3. The molecular formula is C9H9N5. The van der Waals surface area contributed by atoms with Gasteiger partial charge in [0.2, 0.25) is 0 Å².